The van der Waals surface area contributed by atoms with Crippen molar-refractivity contribution in [2.75, 3.05) is 13.2 Å². The number of benzene rings is 2. The van der Waals surface area contributed by atoms with Crippen molar-refractivity contribution >= 4 is 11.8 Å². The summed E-state index contributed by atoms with van der Waals surface area (Å²) in [6, 6.07) is 18.0. The maximum absolute atomic E-state index is 12.7. The van der Waals surface area contributed by atoms with E-state index in [0.717, 1.165) is 31.4 Å². The van der Waals surface area contributed by atoms with Crippen LogP contribution in [0.1, 0.15) is 35.2 Å². The normalized spacial score (nSPS) is 17.3. The molecule has 2 atom stereocenters. The Morgan fingerprint density at radius 1 is 1.04 bits per heavy atom. The van der Waals surface area contributed by atoms with Crippen LogP contribution in [0.4, 0.5) is 0 Å². The van der Waals surface area contributed by atoms with Gasteiger partial charge in [-0.05, 0) is 37.0 Å². The molecule has 2 unspecified atom stereocenters. The van der Waals surface area contributed by atoms with Gasteiger partial charge in [-0.2, -0.15) is 0 Å². The number of carbonyl (C=O) groups is 2. The summed E-state index contributed by atoms with van der Waals surface area (Å²) in [6.45, 7) is 1.36. The van der Waals surface area contributed by atoms with Gasteiger partial charge in [-0.3, -0.25) is 9.59 Å². The van der Waals surface area contributed by atoms with Gasteiger partial charge < -0.3 is 15.4 Å². The largest absolute Gasteiger partial charge is 0.378 e. The van der Waals surface area contributed by atoms with Crippen molar-refractivity contribution < 1.29 is 14.3 Å². The van der Waals surface area contributed by atoms with Gasteiger partial charge in [-0.1, -0.05) is 48.5 Å². The molecule has 0 radical (unpaired) electrons. The van der Waals surface area contributed by atoms with Crippen LogP contribution in [0.2, 0.25) is 0 Å². The predicted molar refractivity (Wildman–Crippen MR) is 104 cm³/mol. The van der Waals surface area contributed by atoms with Gasteiger partial charge in [-0.15, -0.1) is 0 Å². The third-order valence-electron chi connectivity index (χ3n) is 4.73. The standard InChI is InChI=1S/C22H26N2O3/c25-21(18-10-5-2-6-11-18)24-20(16-17-8-3-1-4-9-17)22(26)23-14-13-19-12-7-15-27-19/h1-6,8-11,19-20H,7,12-16H2,(H,23,26)(H,24,25). The number of rotatable bonds is 8. The van der Waals surface area contributed by atoms with Gasteiger partial charge in [0.2, 0.25) is 5.91 Å². The van der Waals surface area contributed by atoms with Crippen molar-refractivity contribution in [3.05, 3.63) is 71.8 Å². The lowest BCUT2D eigenvalue weighted by atomic mass is 10.0. The van der Waals surface area contributed by atoms with E-state index < -0.39 is 6.04 Å². The molecular weight excluding hydrogens is 340 g/mol. The molecule has 5 nitrogen and oxygen atoms in total. The van der Waals surface area contributed by atoms with Crippen LogP contribution in [0.3, 0.4) is 0 Å². The fourth-order valence-corrected chi connectivity index (χ4v) is 3.24. The zero-order valence-electron chi connectivity index (χ0n) is 15.4. The fourth-order valence-electron chi connectivity index (χ4n) is 3.24. The SMILES string of the molecule is O=C(NC(Cc1ccccc1)C(=O)NCCC1CCCO1)c1ccccc1. The van der Waals surface area contributed by atoms with Crippen LogP contribution >= 0.6 is 0 Å². The lowest BCUT2D eigenvalue weighted by molar-refractivity contribution is -0.123. The van der Waals surface area contributed by atoms with E-state index in [9.17, 15) is 9.59 Å². The summed E-state index contributed by atoms with van der Waals surface area (Å²) < 4.78 is 5.59. The molecule has 1 aliphatic rings. The van der Waals surface area contributed by atoms with Crippen LogP contribution in [0.5, 0.6) is 0 Å². The quantitative estimate of drug-likeness (QED) is 0.755. The van der Waals surface area contributed by atoms with Gasteiger partial charge in [0.1, 0.15) is 6.04 Å². The molecule has 0 saturated carbocycles. The van der Waals surface area contributed by atoms with Crippen molar-refractivity contribution in [1.29, 1.82) is 0 Å². The molecule has 3 rings (SSSR count). The van der Waals surface area contributed by atoms with Crippen LogP contribution in [-0.4, -0.2) is 37.1 Å². The van der Waals surface area contributed by atoms with E-state index in [1.54, 1.807) is 12.1 Å². The Kier molecular flexibility index (Phi) is 6.99. The molecule has 2 amide bonds. The first kappa shape index (κ1) is 19.1. The maximum Gasteiger partial charge on any atom is 0.251 e. The third-order valence-corrected chi connectivity index (χ3v) is 4.73. The Morgan fingerprint density at radius 2 is 1.74 bits per heavy atom. The van der Waals surface area contributed by atoms with Gasteiger partial charge in [0, 0.05) is 25.1 Å². The van der Waals surface area contributed by atoms with Crippen molar-refractivity contribution in [2.24, 2.45) is 0 Å². The van der Waals surface area contributed by atoms with Gasteiger partial charge in [0.25, 0.3) is 5.91 Å². The van der Waals surface area contributed by atoms with E-state index in [-0.39, 0.29) is 17.9 Å². The second kappa shape index (κ2) is 9.88. The van der Waals surface area contributed by atoms with Crippen LogP contribution in [-0.2, 0) is 16.0 Å². The van der Waals surface area contributed by atoms with E-state index >= 15 is 0 Å². The third kappa shape index (κ3) is 5.93. The Balaban J connectivity index is 1.61. The molecule has 1 heterocycles. The van der Waals surface area contributed by atoms with E-state index in [4.69, 9.17) is 4.74 Å². The Hall–Kier alpha value is -2.66. The molecule has 2 N–H and O–H groups in total. The van der Waals surface area contributed by atoms with Crippen molar-refractivity contribution in [1.82, 2.24) is 10.6 Å². The summed E-state index contributed by atoms with van der Waals surface area (Å²) in [6.07, 6.45) is 3.62. The topological polar surface area (TPSA) is 67.4 Å². The highest BCUT2D eigenvalue weighted by Crippen LogP contribution is 2.14. The highest BCUT2D eigenvalue weighted by Gasteiger charge is 2.22. The molecule has 1 saturated heterocycles. The molecule has 1 fully saturated rings. The summed E-state index contributed by atoms with van der Waals surface area (Å²) >= 11 is 0. The molecule has 2 aromatic carbocycles. The van der Waals surface area contributed by atoms with E-state index in [2.05, 4.69) is 10.6 Å². The summed E-state index contributed by atoms with van der Waals surface area (Å²) in [5, 5.41) is 5.83. The molecule has 2 aromatic rings. The van der Waals surface area contributed by atoms with Gasteiger partial charge in [-0.25, -0.2) is 0 Å². The zero-order valence-corrected chi connectivity index (χ0v) is 15.4. The minimum absolute atomic E-state index is 0.166. The second-order valence-electron chi connectivity index (χ2n) is 6.80. The minimum atomic E-state index is -0.621. The Bertz CT molecular complexity index is 728. The number of amides is 2. The van der Waals surface area contributed by atoms with E-state index in [1.807, 2.05) is 48.5 Å². The molecule has 27 heavy (non-hydrogen) atoms. The minimum Gasteiger partial charge on any atom is -0.378 e. The van der Waals surface area contributed by atoms with E-state index in [0.29, 0.717) is 18.5 Å². The second-order valence-corrected chi connectivity index (χ2v) is 6.80. The number of ether oxygens (including phenoxy) is 1. The summed E-state index contributed by atoms with van der Waals surface area (Å²) in [5.41, 5.74) is 1.55. The van der Waals surface area contributed by atoms with Crippen molar-refractivity contribution in [3.8, 4) is 0 Å². The van der Waals surface area contributed by atoms with Crippen LogP contribution < -0.4 is 10.6 Å². The van der Waals surface area contributed by atoms with Crippen molar-refractivity contribution in [3.63, 3.8) is 0 Å². The first-order chi connectivity index (χ1) is 13.2. The fraction of sp³-hybridized carbons (Fsp3) is 0.364. The lowest BCUT2D eigenvalue weighted by Crippen LogP contribution is -2.48. The average molecular weight is 366 g/mol. The average Bonchev–Trinajstić information content (AvgIpc) is 3.22. The first-order valence-corrected chi connectivity index (χ1v) is 9.51. The highest BCUT2D eigenvalue weighted by molar-refractivity contribution is 5.97. The molecule has 1 aliphatic heterocycles. The van der Waals surface area contributed by atoms with Crippen LogP contribution in [0.25, 0.3) is 0 Å². The molecule has 142 valence electrons. The summed E-state index contributed by atoms with van der Waals surface area (Å²) in [5.74, 6) is -0.410. The maximum atomic E-state index is 12.7. The predicted octanol–water partition coefficient (Wildman–Crippen LogP) is 2.71. The lowest BCUT2D eigenvalue weighted by Gasteiger charge is -2.19. The van der Waals surface area contributed by atoms with Crippen LogP contribution in [0.15, 0.2) is 60.7 Å². The summed E-state index contributed by atoms with van der Waals surface area (Å²) in [7, 11) is 0. The zero-order chi connectivity index (χ0) is 18.9. The van der Waals surface area contributed by atoms with Crippen molar-refractivity contribution in [2.45, 2.75) is 37.8 Å². The monoisotopic (exact) mass is 366 g/mol. The molecule has 0 spiro atoms. The Morgan fingerprint density at radius 3 is 2.41 bits per heavy atom. The number of hydrogen-bond acceptors (Lipinski definition) is 3. The smallest absolute Gasteiger partial charge is 0.251 e. The first-order valence-electron chi connectivity index (χ1n) is 9.51. The number of nitrogens with one attached hydrogen (secondary N) is 2. The van der Waals surface area contributed by atoms with Gasteiger partial charge in [0.05, 0.1) is 6.10 Å². The molecule has 5 heteroatoms. The molecule has 0 aliphatic carbocycles. The van der Waals surface area contributed by atoms with Crippen LogP contribution in [0, 0.1) is 0 Å². The highest BCUT2D eigenvalue weighted by atomic mass is 16.5. The molecule has 0 bridgehead atoms. The van der Waals surface area contributed by atoms with Gasteiger partial charge in [0.15, 0.2) is 0 Å². The summed E-state index contributed by atoms with van der Waals surface area (Å²) in [4.78, 5) is 25.2. The Labute approximate surface area is 160 Å². The van der Waals surface area contributed by atoms with Gasteiger partial charge >= 0.3 is 0 Å². The van der Waals surface area contributed by atoms with E-state index in [1.165, 1.54) is 0 Å². The molecular formula is C22H26N2O3. The number of carbonyl (C=O) groups excluding carboxylic acids is 2. The number of hydrogen-bond donors (Lipinski definition) is 2. The molecule has 0 aromatic heterocycles.